The average Bonchev–Trinajstić information content (AvgIpc) is 3.16. The molecule has 0 saturated heterocycles. The van der Waals surface area contributed by atoms with Crippen LogP contribution in [-0.4, -0.2) is 27.3 Å². The normalized spacial score (nSPS) is 11.6. The maximum absolute atomic E-state index is 11.6. The third kappa shape index (κ3) is 1.90. The second kappa shape index (κ2) is 5.30. The maximum atomic E-state index is 11.6. The second-order valence-electron chi connectivity index (χ2n) is 4.51. The Hall–Kier alpha value is -1.90. The van der Waals surface area contributed by atoms with E-state index in [-0.39, 0.29) is 53.2 Å². The first-order valence-corrected chi connectivity index (χ1v) is 8.98. The molecule has 0 radical (unpaired) electrons. The molecule has 10 nitrogen and oxygen atoms in total. The van der Waals surface area contributed by atoms with Crippen LogP contribution in [0.3, 0.4) is 0 Å². The summed E-state index contributed by atoms with van der Waals surface area (Å²) in [6, 6.07) is 0. The lowest BCUT2D eigenvalue weighted by Crippen LogP contribution is -1.98. The van der Waals surface area contributed by atoms with Gasteiger partial charge in [0.2, 0.25) is 0 Å². The number of halogens is 2. The van der Waals surface area contributed by atoms with Crippen LogP contribution >= 0.6 is 55.3 Å². The molecule has 0 unspecified atom stereocenters. The number of nitro benzene ring substituents is 2. The minimum Gasteiger partial charge on any atom is -0.258 e. The number of fused-ring (bicyclic) bond motifs is 5. The Morgan fingerprint density at radius 2 is 1.04 bits per heavy atom. The predicted molar refractivity (Wildman–Crippen MR) is 94.6 cm³/mol. The first-order chi connectivity index (χ1) is 11.4. The quantitative estimate of drug-likeness (QED) is 0.300. The van der Waals surface area contributed by atoms with E-state index in [4.69, 9.17) is 0 Å². The van der Waals surface area contributed by atoms with E-state index >= 15 is 0 Å². The van der Waals surface area contributed by atoms with Crippen molar-refractivity contribution >= 4 is 99.5 Å². The summed E-state index contributed by atoms with van der Waals surface area (Å²) in [5, 5.41) is 23.3. The van der Waals surface area contributed by atoms with Gasteiger partial charge in [0, 0.05) is 0 Å². The van der Waals surface area contributed by atoms with E-state index in [9.17, 15) is 20.2 Å². The molecule has 0 amide bonds. The lowest BCUT2D eigenvalue weighted by atomic mass is 10.0. The Morgan fingerprint density at radius 3 is 1.38 bits per heavy atom. The van der Waals surface area contributed by atoms with Gasteiger partial charge in [-0.25, -0.2) is 0 Å². The van der Waals surface area contributed by atoms with Crippen LogP contribution < -0.4 is 0 Å². The molecule has 24 heavy (non-hydrogen) atoms. The van der Waals surface area contributed by atoms with Gasteiger partial charge in [-0.1, -0.05) is 0 Å². The molecule has 4 rings (SSSR count). The molecule has 0 saturated carbocycles. The summed E-state index contributed by atoms with van der Waals surface area (Å²) in [4.78, 5) is 22.0. The molecular weight excluding hydrogens is 492 g/mol. The van der Waals surface area contributed by atoms with Crippen molar-refractivity contribution in [2.45, 2.75) is 0 Å². The number of benzene rings is 2. The van der Waals surface area contributed by atoms with Gasteiger partial charge in [-0.15, -0.1) is 0 Å². The van der Waals surface area contributed by atoms with Crippen LogP contribution in [0.2, 0.25) is 0 Å². The minimum absolute atomic E-state index is 0.0192. The van der Waals surface area contributed by atoms with Gasteiger partial charge in [0.15, 0.2) is 0 Å². The number of hydrogen-bond donors (Lipinski definition) is 0. The van der Waals surface area contributed by atoms with Gasteiger partial charge in [-0.05, 0) is 31.9 Å². The number of nitrogens with zero attached hydrogens (tertiary/aromatic N) is 6. The van der Waals surface area contributed by atoms with Crippen LogP contribution in [0.15, 0.2) is 8.95 Å². The van der Waals surface area contributed by atoms with Gasteiger partial charge in [-0.3, -0.25) is 20.2 Å². The molecule has 0 aliphatic carbocycles. The van der Waals surface area contributed by atoms with Crippen LogP contribution in [0.25, 0.3) is 32.8 Å². The Bertz CT molecular complexity index is 1110. The van der Waals surface area contributed by atoms with E-state index in [2.05, 4.69) is 49.4 Å². The highest BCUT2D eigenvalue weighted by atomic mass is 79.9. The molecule has 2 heterocycles. The van der Waals surface area contributed by atoms with Gasteiger partial charge in [0.1, 0.15) is 31.0 Å². The molecule has 0 aliphatic rings. The highest BCUT2D eigenvalue weighted by Crippen LogP contribution is 2.49. The topological polar surface area (TPSA) is 138 Å². The number of aromatic nitrogens is 4. The van der Waals surface area contributed by atoms with Crippen molar-refractivity contribution in [1.29, 1.82) is 0 Å². The van der Waals surface area contributed by atoms with Crippen LogP contribution in [0.5, 0.6) is 0 Å². The molecule has 0 spiro atoms. The van der Waals surface area contributed by atoms with E-state index in [0.29, 0.717) is 0 Å². The Kier molecular flexibility index (Phi) is 3.45. The van der Waals surface area contributed by atoms with Crippen molar-refractivity contribution in [3.8, 4) is 0 Å². The first kappa shape index (κ1) is 15.6. The average molecular weight is 492 g/mol. The SMILES string of the molecule is O=[N+]([O-])c1c(Br)c2nsnc2c2c([N+](=O)[O-])c(Br)c3nsnc3c12. The van der Waals surface area contributed by atoms with Crippen molar-refractivity contribution in [2.75, 3.05) is 0 Å². The van der Waals surface area contributed by atoms with Crippen LogP contribution in [-0.2, 0) is 0 Å². The van der Waals surface area contributed by atoms with Crippen LogP contribution in [0.1, 0.15) is 0 Å². The van der Waals surface area contributed by atoms with E-state index in [1.165, 1.54) is 0 Å². The third-order valence-corrected chi connectivity index (χ3v) is 5.93. The molecule has 0 bridgehead atoms. The lowest BCUT2D eigenvalue weighted by molar-refractivity contribution is -0.385. The van der Waals surface area contributed by atoms with Crippen molar-refractivity contribution in [1.82, 2.24) is 17.5 Å². The minimum atomic E-state index is -0.623. The fraction of sp³-hybridized carbons (Fsp3) is 0. The molecule has 120 valence electrons. The summed E-state index contributed by atoms with van der Waals surface area (Å²) in [6.45, 7) is 0. The summed E-state index contributed by atoms with van der Waals surface area (Å²) in [5.41, 5.74) is 0.0926. The highest BCUT2D eigenvalue weighted by molar-refractivity contribution is 9.11. The molecule has 0 fully saturated rings. The second-order valence-corrected chi connectivity index (χ2v) is 7.16. The Balaban J connectivity index is 2.50. The van der Waals surface area contributed by atoms with Crippen molar-refractivity contribution in [2.24, 2.45) is 0 Å². The number of rotatable bonds is 2. The van der Waals surface area contributed by atoms with Crippen LogP contribution in [0.4, 0.5) is 11.4 Å². The zero-order chi connectivity index (χ0) is 17.2. The fourth-order valence-electron chi connectivity index (χ4n) is 2.48. The van der Waals surface area contributed by atoms with Crippen molar-refractivity contribution in [3.05, 3.63) is 29.2 Å². The predicted octanol–water partition coefficient (Wildman–Crippen LogP) is 4.19. The summed E-state index contributed by atoms with van der Waals surface area (Å²) in [5.74, 6) is 0. The zero-order valence-corrected chi connectivity index (χ0v) is 15.7. The highest BCUT2D eigenvalue weighted by Gasteiger charge is 2.34. The van der Waals surface area contributed by atoms with Gasteiger partial charge in [0.25, 0.3) is 11.4 Å². The molecule has 2 aromatic carbocycles. The molecule has 0 N–H and O–H groups in total. The first-order valence-electron chi connectivity index (χ1n) is 5.93. The smallest absolute Gasteiger partial charge is 0.258 e. The molecule has 2 aromatic heterocycles. The third-order valence-electron chi connectivity index (χ3n) is 3.37. The maximum Gasteiger partial charge on any atom is 0.296 e. The van der Waals surface area contributed by atoms with E-state index < -0.39 is 9.85 Å². The molecule has 0 aliphatic heterocycles. The summed E-state index contributed by atoms with van der Waals surface area (Å²) in [7, 11) is 0. The van der Waals surface area contributed by atoms with E-state index in [1.807, 2.05) is 0 Å². The summed E-state index contributed by atoms with van der Waals surface area (Å²) < 4.78 is 16.4. The molecule has 0 atom stereocenters. The summed E-state index contributed by atoms with van der Waals surface area (Å²) >= 11 is 7.97. The van der Waals surface area contributed by atoms with E-state index in [0.717, 1.165) is 23.5 Å². The monoisotopic (exact) mass is 490 g/mol. The molecular formula is C10Br2N6O4S2. The Morgan fingerprint density at radius 1 is 0.708 bits per heavy atom. The number of hydrogen-bond acceptors (Lipinski definition) is 10. The van der Waals surface area contributed by atoms with E-state index in [1.54, 1.807) is 0 Å². The van der Waals surface area contributed by atoms with Gasteiger partial charge in [0.05, 0.1) is 44.1 Å². The standard InChI is InChI=1S/C10Br2N6O4S2/c11-3-8-6(14-24-16-8)2-1(9(3)17(19)20)5-7(15-23-13-5)4(12)10(2)18(21)22. The fourth-order valence-corrected chi connectivity index (χ4v) is 5.07. The van der Waals surface area contributed by atoms with Crippen molar-refractivity contribution in [3.63, 3.8) is 0 Å². The molecule has 14 heteroatoms. The van der Waals surface area contributed by atoms with Crippen molar-refractivity contribution < 1.29 is 9.85 Å². The molecule has 4 aromatic rings. The van der Waals surface area contributed by atoms with Gasteiger partial charge in [-0.2, -0.15) is 17.5 Å². The Labute approximate surface area is 155 Å². The van der Waals surface area contributed by atoms with Crippen LogP contribution in [0, 0.1) is 20.2 Å². The summed E-state index contributed by atoms with van der Waals surface area (Å²) in [6.07, 6.45) is 0. The van der Waals surface area contributed by atoms with Gasteiger partial charge < -0.3 is 0 Å². The van der Waals surface area contributed by atoms with Gasteiger partial charge >= 0.3 is 0 Å². The zero-order valence-electron chi connectivity index (χ0n) is 10.9. The number of nitro groups is 2. The largest absolute Gasteiger partial charge is 0.296 e. The lowest BCUT2D eigenvalue weighted by Gasteiger charge is -2.06.